The molecule has 5 nitrogen and oxygen atoms in total. The maximum atomic E-state index is 12.0. The van der Waals surface area contributed by atoms with Crippen LogP contribution in [0.5, 0.6) is 5.88 Å². The molecule has 1 aromatic heterocycles. The van der Waals surface area contributed by atoms with Gasteiger partial charge in [0.15, 0.2) is 0 Å². The maximum Gasteiger partial charge on any atom is 0.241 e. The molecule has 2 N–H and O–H groups in total. The van der Waals surface area contributed by atoms with Gasteiger partial charge in [-0.3, -0.25) is 4.79 Å². The molecule has 1 saturated heterocycles. The lowest BCUT2D eigenvalue weighted by molar-refractivity contribution is -0.118. The van der Waals surface area contributed by atoms with E-state index in [0.29, 0.717) is 17.5 Å². The maximum absolute atomic E-state index is 12.0. The van der Waals surface area contributed by atoms with E-state index in [4.69, 9.17) is 4.74 Å². The Labute approximate surface area is 101 Å². The monoisotopic (exact) mass is 235 g/mol. The third-order valence-corrected chi connectivity index (χ3v) is 3.04. The van der Waals surface area contributed by atoms with Crippen LogP contribution in [0.1, 0.15) is 13.3 Å². The van der Waals surface area contributed by atoms with Crippen LogP contribution in [0.2, 0.25) is 0 Å². The van der Waals surface area contributed by atoms with Crippen LogP contribution in [0, 0.1) is 5.92 Å². The van der Waals surface area contributed by atoms with Crippen LogP contribution in [0.15, 0.2) is 18.3 Å². The van der Waals surface area contributed by atoms with Crippen molar-refractivity contribution in [3.63, 3.8) is 0 Å². The second-order valence-electron chi connectivity index (χ2n) is 4.25. The average Bonchev–Trinajstić information content (AvgIpc) is 2.76. The highest BCUT2D eigenvalue weighted by Gasteiger charge is 2.29. The molecule has 5 heteroatoms. The Morgan fingerprint density at radius 3 is 3.12 bits per heavy atom. The number of aromatic nitrogens is 1. The molecule has 17 heavy (non-hydrogen) atoms. The van der Waals surface area contributed by atoms with E-state index < -0.39 is 0 Å². The summed E-state index contributed by atoms with van der Waals surface area (Å²) in [7, 11) is 1.54. The van der Waals surface area contributed by atoms with E-state index >= 15 is 0 Å². The standard InChI is InChI=1S/C12H17N3O2/c1-8-5-7-13-10(8)11(16)15-9-4-3-6-14-12(9)17-2/h3-4,6,8,10,13H,5,7H2,1-2H3,(H,15,16). The topological polar surface area (TPSA) is 63.2 Å². The summed E-state index contributed by atoms with van der Waals surface area (Å²) in [5.41, 5.74) is 0.612. The Morgan fingerprint density at radius 1 is 1.65 bits per heavy atom. The van der Waals surface area contributed by atoms with Gasteiger partial charge in [0.2, 0.25) is 11.8 Å². The molecule has 0 aromatic carbocycles. The minimum atomic E-state index is -0.125. The fourth-order valence-corrected chi connectivity index (χ4v) is 2.04. The van der Waals surface area contributed by atoms with E-state index in [1.165, 1.54) is 7.11 Å². The molecular formula is C12H17N3O2. The Bertz CT molecular complexity index is 408. The molecule has 1 amide bonds. The van der Waals surface area contributed by atoms with Gasteiger partial charge >= 0.3 is 0 Å². The molecule has 2 heterocycles. The molecule has 0 saturated carbocycles. The number of ether oxygens (including phenoxy) is 1. The SMILES string of the molecule is COc1ncccc1NC(=O)C1NCCC1C. The second kappa shape index (κ2) is 5.14. The van der Waals surface area contributed by atoms with E-state index in [9.17, 15) is 4.79 Å². The van der Waals surface area contributed by atoms with Crippen LogP contribution in [0.3, 0.4) is 0 Å². The lowest BCUT2D eigenvalue weighted by atomic mass is 10.0. The fourth-order valence-electron chi connectivity index (χ4n) is 2.04. The summed E-state index contributed by atoms with van der Waals surface area (Å²) in [5, 5.41) is 6.04. The van der Waals surface area contributed by atoms with Crippen molar-refractivity contribution in [2.75, 3.05) is 19.0 Å². The molecule has 0 aliphatic carbocycles. The van der Waals surface area contributed by atoms with E-state index in [2.05, 4.69) is 22.5 Å². The number of rotatable bonds is 3. The van der Waals surface area contributed by atoms with Crippen LogP contribution >= 0.6 is 0 Å². The molecule has 1 aliphatic heterocycles. The summed E-state index contributed by atoms with van der Waals surface area (Å²) in [6, 6.07) is 3.42. The van der Waals surface area contributed by atoms with Crippen LogP contribution in [-0.4, -0.2) is 30.6 Å². The highest BCUT2D eigenvalue weighted by Crippen LogP contribution is 2.22. The first-order valence-electron chi connectivity index (χ1n) is 5.75. The van der Waals surface area contributed by atoms with Crippen molar-refractivity contribution in [1.82, 2.24) is 10.3 Å². The molecular weight excluding hydrogens is 218 g/mol. The molecule has 0 bridgehead atoms. The summed E-state index contributed by atoms with van der Waals surface area (Å²) >= 11 is 0. The fraction of sp³-hybridized carbons (Fsp3) is 0.500. The lowest BCUT2D eigenvalue weighted by Gasteiger charge is -2.16. The number of amides is 1. The zero-order valence-corrected chi connectivity index (χ0v) is 10.1. The molecule has 1 fully saturated rings. The number of nitrogens with zero attached hydrogens (tertiary/aromatic N) is 1. The Kier molecular flexibility index (Phi) is 3.58. The van der Waals surface area contributed by atoms with Gasteiger partial charge in [-0.15, -0.1) is 0 Å². The van der Waals surface area contributed by atoms with Crippen molar-refractivity contribution in [1.29, 1.82) is 0 Å². The highest BCUT2D eigenvalue weighted by molar-refractivity contribution is 5.96. The van der Waals surface area contributed by atoms with Gasteiger partial charge in [0, 0.05) is 6.20 Å². The predicted octanol–water partition coefficient (Wildman–Crippen LogP) is 1.03. The Balaban J connectivity index is 2.07. The molecule has 2 rings (SSSR count). The third kappa shape index (κ3) is 2.55. The molecule has 1 aliphatic rings. The first-order valence-corrected chi connectivity index (χ1v) is 5.75. The molecule has 0 spiro atoms. The van der Waals surface area contributed by atoms with Crippen LogP contribution < -0.4 is 15.4 Å². The first-order chi connectivity index (χ1) is 8.22. The van der Waals surface area contributed by atoms with Gasteiger partial charge in [-0.25, -0.2) is 4.98 Å². The van der Waals surface area contributed by atoms with Gasteiger partial charge in [-0.1, -0.05) is 6.92 Å². The van der Waals surface area contributed by atoms with E-state index in [1.54, 1.807) is 18.3 Å². The molecule has 1 aromatic rings. The number of hydrogen-bond donors (Lipinski definition) is 2. The van der Waals surface area contributed by atoms with Crippen LogP contribution in [0.4, 0.5) is 5.69 Å². The summed E-state index contributed by atoms with van der Waals surface area (Å²) in [5.74, 6) is 0.769. The summed E-state index contributed by atoms with van der Waals surface area (Å²) < 4.78 is 5.09. The second-order valence-corrected chi connectivity index (χ2v) is 4.25. The number of anilines is 1. The number of hydrogen-bond acceptors (Lipinski definition) is 4. The Morgan fingerprint density at radius 2 is 2.47 bits per heavy atom. The number of pyridine rings is 1. The number of carbonyl (C=O) groups is 1. The van der Waals surface area contributed by atoms with Gasteiger partial charge in [-0.05, 0) is 31.0 Å². The Hall–Kier alpha value is -1.62. The number of methoxy groups -OCH3 is 1. The van der Waals surface area contributed by atoms with Crippen molar-refractivity contribution in [2.45, 2.75) is 19.4 Å². The van der Waals surface area contributed by atoms with Crippen molar-refractivity contribution in [3.05, 3.63) is 18.3 Å². The lowest BCUT2D eigenvalue weighted by Crippen LogP contribution is -2.39. The molecule has 2 atom stereocenters. The van der Waals surface area contributed by atoms with Crippen LogP contribution in [0.25, 0.3) is 0 Å². The quantitative estimate of drug-likeness (QED) is 0.821. The molecule has 92 valence electrons. The number of carbonyl (C=O) groups excluding carboxylic acids is 1. The van der Waals surface area contributed by atoms with E-state index in [1.807, 2.05) is 0 Å². The van der Waals surface area contributed by atoms with E-state index in [0.717, 1.165) is 13.0 Å². The highest BCUT2D eigenvalue weighted by atomic mass is 16.5. The van der Waals surface area contributed by atoms with Gasteiger partial charge < -0.3 is 15.4 Å². The minimum Gasteiger partial charge on any atom is -0.480 e. The van der Waals surface area contributed by atoms with Gasteiger partial charge in [0.05, 0.1) is 13.2 Å². The minimum absolute atomic E-state index is 0.0266. The van der Waals surface area contributed by atoms with Crippen molar-refractivity contribution < 1.29 is 9.53 Å². The predicted molar refractivity (Wildman–Crippen MR) is 65.0 cm³/mol. The summed E-state index contributed by atoms with van der Waals surface area (Å²) in [4.78, 5) is 16.1. The molecule has 0 radical (unpaired) electrons. The van der Waals surface area contributed by atoms with Gasteiger partial charge in [0.25, 0.3) is 0 Å². The van der Waals surface area contributed by atoms with Crippen LogP contribution in [-0.2, 0) is 4.79 Å². The van der Waals surface area contributed by atoms with Gasteiger partial charge in [-0.2, -0.15) is 0 Å². The normalized spacial score (nSPS) is 23.4. The largest absolute Gasteiger partial charge is 0.480 e. The van der Waals surface area contributed by atoms with Crippen molar-refractivity contribution in [3.8, 4) is 5.88 Å². The van der Waals surface area contributed by atoms with Crippen molar-refractivity contribution >= 4 is 11.6 Å². The van der Waals surface area contributed by atoms with E-state index in [-0.39, 0.29) is 11.9 Å². The zero-order valence-electron chi connectivity index (χ0n) is 10.1. The number of nitrogens with one attached hydrogen (secondary N) is 2. The summed E-state index contributed by atoms with van der Waals surface area (Å²) in [6.45, 7) is 2.97. The first kappa shape index (κ1) is 11.9. The van der Waals surface area contributed by atoms with Gasteiger partial charge in [0.1, 0.15) is 5.69 Å². The zero-order chi connectivity index (χ0) is 12.3. The molecule has 2 unspecified atom stereocenters. The smallest absolute Gasteiger partial charge is 0.241 e. The average molecular weight is 235 g/mol. The van der Waals surface area contributed by atoms with Crippen molar-refractivity contribution in [2.24, 2.45) is 5.92 Å². The third-order valence-electron chi connectivity index (χ3n) is 3.04. The summed E-state index contributed by atoms with van der Waals surface area (Å²) in [6.07, 6.45) is 2.66.